The van der Waals surface area contributed by atoms with Crippen LogP contribution in [0.5, 0.6) is 0 Å². The highest BCUT2D eigenvalue weighted by Crippen LogP contribution is 2.33. The minimum Gasteiger partial charge on any atom is -0.383 e. The van der Waals surface area contributed by atoms with Gasteiger partial charge in [-0.2, -0.15) is 0 Å². The van der Waals surface area contributed by atoms with Crippen LogP contribution in [0.4, 0.5) is 0 Å². The maximum absolute atomic E-state index is 9.60. The zero-order valence-electron chi connectivity index (χ0n) is 7.24. The van der Waals surface area contributed by atoms with Crippen molar-refractivity contribution in [2.24, 2.45) is 0 Å². The fraction of sp³-hybridized carbons (Fsp3) is 0.300. The number of aliphatic hydroxyl groups is 1. The predicted molar refractivity (Wildman–Crippen MR) is 51.7 cm³/mol. The van der Waals surface area contributed by atoms with Crippen LogP contribution in [0.1, 0.15) is 28.4 Å². The second-order valence-corrected chi connectivity index (χ2v) is 3.63. The Balaban J connectivity index is 2.56. The van der Waals surface area contributed by atoms with Crippen LogP contribution in [0.15, 0.2) is 24.3 Å². The molecule has 0 aliphatic heterocycles. The minimum atomic E-state index is -0.607. The summed E-state index contributed by atoms with van der Waals surface area (Å²) in [5.74, 6) is 0. The van der Waals surface area contributed by atoms with Crippen molar-refractivity contribution in [3.05, 3.63) is 41.2 Å². The van der Waals surface area contributed by atoms with E-state index >= 15 is 0 Å². The fourth-order valence-electron chi connectivity index (χ4n) is 1.46. The Hall–Kier alpha value is -0.860. The molecule has 1 N–H and O–H groups in total. The van der Waals surface area contributed by atoms with Crippen LogP contribution in [-0.2, 0) is 0 Å². The summed E-state index contributed by atoms with van der Waals surface area (Å²) in [6.45, 7) is 1.90. The standard InChI is InChI=1S/C10H10ClNO/c1-6-2-3-7-8(11)4-5-9(13)10(7)12-6/h2-5,8-9,13H,1H3. The molecule has 1 heterocycles. The monoisotopic (exact) mass is 195 g/mol. The zero-order valence-corrected chi connectivity index (χ0v) is 7.99. The molecule has 2 atom stereocenters. The summed E-state index contributed by atoms with van der Waals surface area (Å²) in [4.78, 5) is 4.26. The van der Waals surface area contributed by atoms with Gasteiger partial charge in [-0.25, -0.2) is 0 Å². The van der Waals surface area contributed by atoms with Gasteiger partial charge in [0.15, 0.2) is 0 Å². The van der Waals surface area contributed by atoms with Crippen molar-refractivity contribution < 1.29 is 5.11 Å². The van der Waals surface area contributed by atoms with Gasteiger partial charge in [0.25, 0.3) is 0 Å². The van der Waals surface area contributed by atoms with Gasteiger partial charge in [-0.15, -0.1) is 11.6 Å². The van der Waals surface area contributed by atoms with Crippen molar-refractivity contribution >= 4 is 11.6 Å². The van der Waals surface area contributed by atoms with Crippen LogP contribution in [-0.4, -0.2) is 10.1 Å². The van der Waals surface area contributed by atoms with Gasteiger partial charge in [-0.1, -0.05) is 18.2 Å². The lowest BCUT2D eigenvalue weighted by Crippen LogP contribution is -2.09. The number of aryl methyl sites for hydroxylation is 1. The number of aromatic nitrogens is 1. The van der Waals surface area contributed by atoms with Crippen LogP contribution >= 0.6 is 11.6 Å². The zero-order chi connectivity index (χ0) is 9.42. The number of rotatable bonds is 0. The quantitative estimate of drug-likeness (QED) is 0.509. The summed E-state index contributed by atoms with van der Waals surface area (Å²) in [7, 11) is 0. The number of alkyl halides is 1. The maximum atomic E-state index is 9.60. The number of halogens is 1. The van der Waals surface area contributed by atoms with Crippen LogP contribution in [0.25, 0.3) is 0 Å². The van der Waals surface area contributed by atoms with Crippen LogP contribution in [0.3, 0.4) is 0 Å². The third-order valence-electron chi connectivity index (χ3n) is 2.14. The van der Waals surface area contributed by atoms with Gasteiger partial charge in [0.1, 0.15) is 6.10 Å². The topological polar surface area (TPSA) is 33.1 Å². The molecule has 0 aromatic carbocycles. The molecule has 0 spiro atoms. The van der Waals surface area contributed by atoms with Gasteiger partial charge in [-0.3, -0.25) is 4.98 Å². The van der Waals surface area contributed by atoms with Gasteiger partial charge >= 0.3 is 0 Å². The Kier molecular flexibility index (Phi) is 2.10. The average Bonchev–Trinajstić information content (AvgIpc) is 2.12. The lowest BCUT2D eigenvalue weighted by atomic mass is 9.99. The maximum Gasteiger partial charge on any atom is 0.114 e. The van der Waals surface area contributed by atoms with E-state index in [0.29, 0.717) is 5.69 Å². The van der Waals surface area contributed by atoms with E-state index in [4.69, 9.17) is 11.6 Å². The minimum absolute atomic E-state index is 0.161. The van der Waals surface area contributed by atoms with E-state index in [0.717, 1.165) is 11.3 Å². The lowest BCUT2D eigenvalue weighted by molar-refractivity contribution is 0.219. The third kappa shape index (κ3) is 1.47. The van der Waals surface area contributed by atoms with E-state index in [1.165, 1.54) is 0 Å². The van der Waals surface area contributed by atoms with Gasteiger partial charge in [0, 0.05) is 5.69 Å². The van der Waals surface area contributed by atoms with Gasteiger partial charge in [0.2, 0.25) is 0 Å². The number of hydrogen-bond donors (Lipinski definition) is 1. The smallest absolute Gasteiger partial charge is 0.114 e. The molecule has 1 aromatic rings. The first kappa shape index (κ1) is 8.73. The summed E-state index contributed by atoms with van der Waals surface area (Å²) in [5, 5.41) is 9.43. The van der Waals surface area contributed by atoms with E-state index in [1.54, 1.807) is 12.2 Å². The van der Waals surface area contributed by atoms with E-state index in [2.05, 4.69) is 4.98 Å². The molecule has 68 valence electrons. The highest BCUT2D eigenvalue weighted by molar-refractivity contribution is 6.22. The van der Waals surface area contributed by atoms with E-state index in [1.807, 2.05) is 19.1 Å². The number of hydrogen-bond acceptors (Lipinski definition) is 2. The second kappa shape index (κ2) is 3.13. The molecule has 2 unspecified atom stereocenters. The first-order valence-electron chi connectivity index (χ1n) is 4.16. The largest absolute Gasteiger partial charge is 0.383 e. The summed E-state index contributed by atoms with van der Waals surface area (Å²) in [5.41, 5.74) is 2.49. The Bertz CT molecular complexity index is 362. The van der Waals surface area contributed by atoms with Crippen molar-refractivity contribution in [2.45, 2.75) is 18.4 Å². The molecular weight excluding hydrogens is 186 g/mol. The Labute approximate surface area is 81.9 Å². The molecule has 1 aliphatic carbocycles. The predicted octanol–water partition coefficient (Wildman–Crippen LogP) is 2.27. The first-order valence-corrected chi connectivity index (χ1v) is 4.60. The number of nitrogens with zero attached hydrogens (tertiary/aromatic N) is 1. The summed E-state index contributed by atoms with van der Waals surface area (Å²) >= 11 is 6.03. The molecular formula is C10H10ClNO. The SMILES string of the molecule is Cc1ccc2c(n1)C(O)C=CC2Cl. The Morgan fingerprint density at radius 3 is 2.92 bits per heavy atom. The van der Waals surface area contributed by atoms with Gasteiger partial charge in [-0.05, 0) is 18.6 Å². The van der Waals surface area contributed by atoms with Crippen molar-refractivity contribution in [3.8, 4) is 0 Å². The highest BCUT2D eigenvalue weighted by Gasteiger charge is 2.20. The average molecular weight is 196 g/mol. The molecule has 0 radical (unpaired) electrons. The molecule has 0 saturated heterocycles. The number of aliphatic hydroxyl groups excluding tert-OH is 1. The van der Waals surface area contributed by atoms with Crippen LogP contribution in [0, 0.1) is 6.92 Å². The second-order valence-electron chi connectivity index (χ2n) is 3.16. The molecule has 1 aromatic heterocycles. The fourth-order valence-corrected chi connectivity index (χ4v) is 1.72. The molecule has 2 rings (SSSR count). The van der Waals surface area contributed by atoms with Crippen LogP contribution in [0.2, 0.25) is 0 Å². The van der Waals surface area contributed by atoms with E-state index < -0.39 is 6.10 Å². The van der Waals surface area contributed by atoms with Crippen molar-refractivity contribution in [3.63, 3.8) is 0 Å². The molecule has 0 fully saturated rings. The van der Waals surface area contributed by atoms with E-state index in [-0.39, 0.29) is 5.38 Å². The number of pyridine rings is 1. The molecule has 0 amide bonds. The van der Waals surface area contributed by atoms with Crippen LogP contribution < -0.4 is 0 Å². The molecule has 3 heteroatoms. The molecule has 13 heavy (non-hydrogen) atoms. The van der Waals surface area contributed by atoms with E-state index in [9.17, 15) is 5.11 Å². The van der Waals surface area contributed by atoms with Gasteiger partial charge in [0.05, 0.1) is 11.1 Å². The number of allylic oxidation sites excluding steroid dienone is 1. The molecule has 0 bridgehead atoms. The summed E-state index contributed by atoms with van der Waals surface area (Å²) in [6, 6.07) is 3.82. The summed E-state index contributed by atoms with van der Waals surface area (Å²) < 4.78 is 0. The van der Waals surface area contributed by atoms with Gasteiger partial charge < -0.3 is 5.11 Å². The Morgan fingerprint density at radius 2 is 2.15 bits per heavy atom. The van der Waals surface area contributed by atoms with Crippen molar-refractivity contribution in [1.82, 2.24) is 4.98 Å². The van der Waals surface area contributed by atoms with Crippen molar-refractivity contribution in [1.29, 1.82) is 0 Å². The summed E-state index contributed by atoms with van der Waals surface area (Å²) in [6.07, 6.45) is 2.85. The molecule has 0 saturated carbocycles. The first-order chi connectivity index (χ1) is 6.18. The third-order valence-corrected chi connectivity index (χ3v) is 2.52. The molecule has 1 aliphatic rings. The molecule has 2 nitrogen and oxygen atoms in total. The lowest BCUT2D eigenvalue weighted by Gasteiger charge is -2.19. The number of fused-ring (bicyclic) bond motifs is 1. The normalized spacial score (nSPS) is 25.8. The highest BCUT2D eigenvalue weighted by atomic mass is 35.5. The Morgan fingerprint density at radius 1 is 1.38 bits per heavy atom. The van der Waals surface area contributed by atoms with Crippen molar-refractivity contribution in [2.75, 3.05) is 0 Å².